The number of rotatable bonds is 48. The molecular weight excluding hydrogens is 1370 g/mol. The van der Waals surface area contributed by atoms with Crippen LogP contribution < -0.4 is 0 Å². The number of aromatic nitrogens is 2. The smallest absolute Gasteiger partial charge is 0.0811 e. The van der Waals surface area contributed by atoms with Crippen molar-refractivity contribution in [2.45, 2.75) is 0 Å². The lowest BCUT2D eigenvalue weighted by Gasteiger charge is -2.63. The Hall–Kier alpha value is 4.04. The van der Waals surface area contributed by atoms with Gasteiger partial charge < -0.3 is 0 Å². The molecule has 0 unspecified atom stereocenters. The minimum absolute atomic E-state index is 0.967. The molecule has 99 radical (unpaired) electrons. The van der Waals surface area contributed by atoms with Crippen molar-refractivity contribution >= 4 is 724 Å². The van der Waals surface area contributed by atoms with Crippen molar-refractivity contribution in [2.24, 2.45) is 0 Å². The fourth-order valence-electron chi connectivity index (χ4n) is 20.0. The fourth-order valence-corrected chi connectivity index (χ4v) is 20.6. The monoisotopic (exact) mass is 1400 g/mol. The van der Waals surface area contributed by atoms with Gasteiger partial charge in [-0.3, -0.25) is 9.97 Å². The largest absolute Gasteiger partial charge is 0.255 e. The molecule has 2 nitrogen and oxygen atoms in total. The molecule has 0 amide bonds. The molecule has 0 aliphatic heterocycles. The molecular formula is C18H11B97BrN2. The predicted octanol–water partition coefficient (Wildman–Crippen LogP) is -31.7. The van der Waals surface area contributed by atoms with Crippen LogP contribution in [0, 0.1) is 0 Å². The van der Waals surface area contributed by atoms with Crippen molar-refractivity contribution < 1.29 is 0 Å². The maximum absolute atomic E-state index is 7.23. The predicted molar refractivity (Wildman–Crippen MR) is 648 cm³/mol. The molecule has 2 aromatic carbocycles. The molecule has 4 aromatic rings. The lowest BCUT2D eigenvalue weighted by molar-refractivity contribution is 1.38. The molecule has 4 rings (SSSR count). The zero-order chi connectivity index (χ0) is 91.1. The van der Waals surface area contributed by atoms with Gasteiger partial charge in [-0.25, -0.2) is 0 Å². The molecule has 100 heteroatoms. The van der Waals surface area contributed by atoms with Gasteiger partial charge in [-0.15, -0.1) is 0 Å². The van der Waals surface area contributed by atoms with Gasteiger partial charge in [0.1, 0.15) is 0 Å². The minimum atomic E-state index is -2.26. The Morgan fingerprint density at radius 2 is 0.449 bits per heavy atom. The molecule has 0 fully saturated rings. The quantitative estimate of drug-likeness (QED) is 0.0325. The van der Waals surface area contributed by atoms with Crippen LogP contribution in [0.3, 0.4) is 0 Å². The molecule has 0 saturated carbocycles. The van der Waals surface area contributed by atoms with E-state index in [9.17, 15) is 0 Å². The maximum Gasteiger partial charge on any atom is 0.0811 e. The van der Waals surface area contributed by atoms with Crippen LogP contribution in [-0.2, 0) is 0 Å². The molecule has 0 saturated heterocycles. The number of hydrogen-bond acceptors (Lipinski definition) is 2. The highest BCUT2D eigenvalue weighted by Gasteiger charge is 2.68. The third-order valence-electron chi connectivity index (χ3n) is 24.3. The first kappa shape index (κ1) is 116. The summed E-state index contributed by atoms with van der Waals surface area (Å²) in [7, 11) is 348. The third-order valence-corrected chi connectivity index (χ3v) is 25.0. The molecule has 2 heterocycles. The normalized spacial score (nSPS) is 10.0. The Labute approximate surface area is 808 Å². The van der Waals surface area contributed by atoms with E-state index in [1.807, 2.05) is 36.7 Å². The summed E-state index contributed by atoms with van der Waals surface area (Å²) in [5.41, 5.74) is 4.29. The highest BCUT2D eigenvalue weighted by atomic mass is 79.9. The lowest BCUT2D eigenvalue weighted by Crippen LogP contribution is -3.01. The summed E-state index contributed by atoms with van der Waals surface area (Å²) in [6.07, 6.45) is -83.6. The fraction of sp³-hybridized carbons (Fsp3) is 0. The summed E-state index contributed by atoms with van der Waals surface area (Å²) in [4.78, 5) is 9.05. The Morgan fingerprint density at radius 3 is 0.661 bits per heavy atom. The van der Waals surface area contributed by atoms with Crippen LogP contribution in [0.2, 0.25) is 0 Å². The van der Waals surface area contributed by atoms with E-state index in [2.05, 4.69) is 56.2 Å². The zero-order valence-electron chi connectivity index (χ0n) is 67.1. The van der Waals surface area contributed by atoms with Gasteiger partial charge in [-0.2, -0.15) is 0 Å². The summed E-state index contributed by atoms with van der Waals surface area (Å²) in [6, 6.07) is 18.5. The summed E-state index contributed by atoms with van der Waals surface area (Å²) in [6.45, 7) is 0. The van der Waals surface area contributed by atoms with Gasteiger partial charge in [0.25, 0.3) is 0 Å². The number of halogens is 1. The topological polar surface area (TPSA) is 25.8 Å². The summed E-state index contributed by atoms with van der Waals surface area (Å²) in [5, 5.41) is 2.16. The highest BCUT2D eigenvalue weighted by Crippen LogP contribution is 2.34. The number of fused-ring (bicyclic) bond motifs is 3. The average Bonchev–Trinajstić information content (AvgIpc) is 0.706. The minimum Gasteiger partial charge on any atom is -0.255 e. The van der Waals surface area contributed by atoms with E-state index < -0.39 is 300 Å². The second kappa shape index (κ2) is 53.8. The number of nitrogens with zero attached hydrogens (tertiary/aromatic N) is 2. The van der Waals surface area contributed by atoms with Gasteiger partial charge in [-0.1, -0.05) is 40.2 Å². The second-order valence-corrected chi connectivity index (χ2v) is 33.1. The molecule has 2 aromatic heterocycles. The Morgan fingerprint density at radius 1 is 0.229 bits per heavy atom. The van der Waals surface area contributed by atoms with E-state index >= 15 is 0 Å². The van der Waals surface area contributed by atoms with Gasteiger partial charge in [-0.05, 0) is 41.5 Å². The average molecular weight is 1380 g/mol. The molecule has 0 aliphatic rings. The Balaban J connectivity index is 0.00000145. The van der Waals surface area contributed by atoms with Crippen molar-refractivity contribution in [3.63, 3.8) is 0 Å². The van der Waals surface area contributed by atoms with E-state index in [0.717, 1.165) is 38.9 Å². The van der Waals surface area contributed by atoms with Crippen LogP contribution in [0.15, 0.2) is 71.5 Å². The summed E-state index contributed by atoms with van der Waals surface area (Å²) >= 11 is 3.60. The molecule has 391 valence electrons. The van der Waals surface area contributed by atoms with Gasteiger partial charge in [0.15, 0.2) is 0 Å². The van der Waals surface area contributed by atoms with Crippen molar-refractivity contribution in [3.05, 3.63) is 71.5 Å². The van der Waals surface area contributed by atoms with Gasteiger partial charge in [0.05, 0.1) is 11.0 Å². The molecule has 0 atom stereocenters. The lowest BCUT2D eigenvalue weighted by atomic mass is 8.18. The molecule has 118 heavy (non-hydrogen) atoms. The van der Waals surface area contributed by atoms with E-state index in [0.29, 0.717) is 0 Å². The van der Waals surface area contributed by atoms with E-state index in [1.54, 1.807) is 0 Å². The summed E-state index contributed by atoms with van der Waals surface area (Å²) in [5.74, 6) is 0. The first-order valence-corrected chi connectivity index (χ1v) is 39.5. The van der Waals surface area contributed by atoms with Crippen molar-refractivity contribution in [2.75, 3.05) is 0 Å². The van der Waals surface area contributed by atoms with Gasteiger partial charge in [0, 0.05) is 714 Å². The van der Waals surface area contributed by atoms with E-state index in [-0.39, 0.29) is 0 Å². The Kier molecular flexibility index (Phi) is 53.0. The number of pyridine rings is 2. The van der Waals surface area contributed by atoms with Crippen molar-refractivity contribution in [1.29, 1.82) is 0 Å². The van der Waals surface area contributed by atoms with Gasteiger partial charge in [0.2, 0.25) is 0 Å². The maximum atomic E-state index is 7.23. The van der Waals surface area contributed by atoms with Gasteiger partial charge >= 0.3 is 0 Å². The molecule has 0 spiro atoms. The first-order valence-electron chi connectivity index (χ1n) is 38.7. The number of hydrogen-bond donors (Lipinski definition) is 0. The summed E-state index contributed by atoms with van der Waals surface area (Å²) < 4.78 is 1.09. The van der Waals surface area contributed by atoms with Crippen LogP contribution in [0.1, 0.15) is 0 Å². The van der Waals surface area contributed by atoms with E-state index in [1.165, 1.54) is 5.56 Å². The molecule has 0 N–H and O–H groups in total. The third kappa shape index (κ3) is 30.0. The standard InChI is InChI=1S/C18H11BrN2.B97/c19-16-6-2-1-5-14(16)12-7-8-15-17(10-12)21-11-13-4-3-9-20-18(13)15;1-50-75(51(2)3)87(74(48)49)93(86(72(44)45)73(46)47)96(92(84(68(36)37)69(38)39)85(70(40)41)71(42)43)97(94(88(76(52(4)5)53(6)7)77(54(8)9)55(10)11)89(78(56(12)13)57(14)15)79(58(16)17)59(18)19)95(90(80(60(20)21)61(22)23)81(62(24)25)63(26)27)91(82(64(28)29)65(30)31)83(66(32)33)67(34)35/h1-11H;. The SMILES string of the molecule is Brc1ccccc1-c1ccc2c(c1)ncc1cccnc12.[B][B]B(B([B])[B])B(B([B])[B])B(B(B([B])[B])B([B])[B])B(B(B(B([B])[B])B([B])[B])B(B([B])[B])B([B])[B])B(B(B(B(B([B])[B])B([B])[B])B(B([B])[B])B([B])[B])B(B(B([B])[B])B([B])[B])B(B([B])[B])B([B])[B])B(B(B(B([B])[B])B([B])[B])B(B([B])[B])B([B])[B])B(B(B([B])[B])B([B])[B])B(B([B])[B])B([B])[B]. The van der Waals surface area contributed by atoms with Crippen LogP contribution in [0.25, 0.3) is 32.9 Å². The number of benzene rings is 2. The second-order valence-electron chi connectivity index (χ2n) is 32.2. The van der Waals surface area contributed by atoms with Crippen molar-refractivity contribution in [1.82, 2.24) is 9.97 Å². The highest BCUT2D eigenvalue weighted by molar-refractivity contribution is 9.10. The first-order chi connectivity index (χ1) is 54.5. The van der Waals surface area contributed by atoms with Crippen molar-refractivity contribution in [3.8, 4) is 11.1 Å². The molecule has 0 bridgehead atoms. The zero-order valence-corrected chi connectivity index (χ0v) is 68.7. The van der Waals surface area contributed by atoms with Crippen LogP contribution in [0.4, 0.5) is 0 Å². The van der Waals surface area contributed by atoms with Crippen LogP contribution in [0.5, 0.6) is 0 Å². The van der Waals surface area contributed by atoms with Crippen LogP contribution in [-0.4, -0.2) is 696 Å². The van der Waals surface area contributed by atoms with Crippen LogP contribution >= 0.6 is 15.9 Å². The Bertz CT molecular complexity index is 3080. The van der Waals surface area contributed by atoms with E-state index in [4.69, 9.17) is 379 Å². The molecule has 0 aliphatic carbocycles.